The van der Waals surface area contributed by atoms with E-state index >= 15 is 0 Å². The first-order valence-electron chi connectivity index (χ1n) is 9.12. The van der Waals surface area contributed by atoms with Gasteiger partial charge in [0.15, 0.2) is 11.5 Å². The van der Waals surface area contributed by atoms with Crippen LogP contribution in [-0.4, -0.2) is 44.1 Å². The summed E-state index contributed by atoms with van der Waals surface area (Å²) in [5.74, 6) is -0.405. The lowest BCUT2D eigenvalue weighted by molar-refractivity contribution is -0.0513. The molecule has 7 nitrogen and oxygen atoms in total. The van der Waals surface area contributed by atoms with Crippen LogP contribution in [0.25, 0.3) is 0 Å². The number of piperidine rings is 1. The Morgan fingerprint density at radius 1 is 1.10 bits per heavy atom. The number of rotatable bonds is 5. The number of ether oxygens (including phenoxy) is 2. The fourth-order valence-corrected chi connectivity index (χ4v) is 5.78. The van der Waals surface area contributed by atoms with Crippen molar-refractivity contribution in [3.63, 3.8) is 0 Å². The van der Waals surface area contributed by atoms with Crippen LogP contribution in [0.1, 0.15) is 18.0 Å². The number of nitrogens with zero attached hydrogens (tertiary/aromatic N) is 2. The van der Waals surface area contributed by atoms with Crippen LogP contribution in [0.4, 0.5) is 8.78 Å². The molecule has 0 spiro atoms. The molecule has 3 heterocycles. The Morgan fingerprint density at radius 2 is 1.90 bits per heavy atom. The molecule has 2 aliphatic heterocycles. The van der Waals surface area contributed by atoms with Crippen molar-refractivity contribution in [2.75, 3.05) is 20.2 Å². The largest absolute Gasteiger partial charge is 0.493 e. The van der Waals surface area contributed by atoms with Gasteiger partial charge in [0.2, 0.25) is 10.0 Å². The molecule has 156 valence electrons. The molecule has 0 saturated carbocycles. The first-order chi connectivity index (χ1) is 13.8. The Hall–Kier alpha value is -2.46. The minimum Gasteiger partial charge on any atom is -0.493 e. The maximum Gasteiger partial charge on any atom is 0.387 e. The zero-order valence-electron chi connectivity index (χ0n) is 15.6. The highest BCUT2D eigenvalue weighted by molar-refractivity contribution is 7.89. The van der Waals surface area contributed by atoms with Crippen molar-refractivity contribution in [2.45, 2.75) is 30.4 Å². The Labute approximate surface area is 166 Å². The number of halogens is 2. The van der Waals surface area contributed by atoms with Crippen LogP contribution in [0.15, 0.2) is 46.1 Å². The highest BCUT2D eigenvalue weighted by Gasteiger charge is 2.39. The quantitative estimate of drug-likeness (QED) is 0.733. The van der Waals surface area contributed by atoms with Gasteiger partial charge in [-0.2, -0.15) is 13.1 Å². The number of aromatic nitrogens is 1. The van der Waals surface area contributed by atoms with Gasteiger partial charge >= 0.3 is 6.61 Å². The van der Waals surface area contributed by atoms with Gasteiger partial charge in [0.1, 0.15) is 0 Å². The van der Waals surface area contributed by atoms with Crippen LogP contribution >= 0.6 is 0 Å². The maximum atomic E-state index is 13.2. The Bertz CT molecular complexity index is 1090. The van der Waals surface area contributed by atoms with E-state index in [1.54, 1.807) is 10.6 Å². The van der Waals surface area contributed by atoms with Crippen molar-refractivity contribution in [3.8, 4) is 11.5 Å². The minimum atomic E-state index is -3.93. The van der Waals surface area contributed by atoms with Crippen molar-refractivity contribution in [2.24, 2.45) is 5.92 Å². The van der Waals surface area contributed by atoms with E-state index in [1.165, 1.54) is 29.6 Å². The van der Waals surface area contributed by atoms with Gasteiger partial charge in [0.05, 0.1) is 12.0 Å². The number of sulfonamides is 1. The number of fused-ring (bicyclic) bond motifs is 4. The molecule has 2 atom stereocenters. The lowest BCUT2D eigenvalue weighted by Crippen LogP contribution is -2.49. The van der Waals surface area contributed by atoms with Gasteiger partial charge in [-0.05, 0) is 30.5 Å². The topological polar surface area (TPSA) is 77.8 Å². The molecule has 0 aliphatic carbocycles. The van der Waals surface area contributed by atoms with E-state index in [0.717, 1.165) is 18.2 Å². The van der Waals surface area contributed by atoms with Gasteiger partial charge in [0.25, 0.3) is 5.56 Å². The standard InChI is InChI=1S/C19H20F2N2O5S/c1-27-16-6-5-14(8-17(16)28-19(20)21)29(25,26)22-9-12-7-13(11-22)15-3-2-4-18(24)23(15)10-12/h2-6,8,12-13,19H,7,9-11H2,1H3/t12-,13-/m0/s1. The molecule has 0 unspecified atom stereocenters. The number of pyridine rings is 1. The lowest BCUT2D eigenvalue weighted by Gasteiger charge is -2.42. The average Bonchev–Trinajstić information content (AvgIpc) is 2.68. The van der Waals surface area contributed by atoms with Crippen molar-refractivity contribution < 1.29 is 26.7 Å². The van der Waals surface area contributed by atoms with Crippen molar-refractivity contribution in [1.82, 2.24) is 8.87 Å². The molecule has 0 radical (unpaired) electrons. The highest BCUT2D eigenvalue weighted by Crippen LogP contribution is 2.38. The van der Waals surface area contributed by atoms with E-state index in [9.17, 15) is 22.0 Å². The number of hydrogen-bond donors (Lipinski definition) is 0. The van der Waals surface area contributed by atoms with Crippen molar-refractivity contribution in [3.05, 3.63) is 52.4 Å². The molecular weight excluding hydrogens is 406 g/mol. The van der Waals surface area contributed by atoms with Crippen LogP contribution in [0.3, 0.4) is 0 Å². The van der Waals surface area contributed by atoms with Gasteiger partial charge in [-0.25, -0.2) is 8.42 Å². The van der Waals surface area contributed by atoms with E-state index < -0.39 is 16.6 Å². The van der Waals surface area contributed by atoms with E-state index in [4.69, 9.17) is 4.74 Å². The second-order valence-corrected chi connectivity index (χ2v) is 9.15. The molecule has 1 fully saturated rings. The molecule has 29 heavy (non-hydrogen) atoms. The van der Waals surface area contributed by atoms with E-state index in [1.807, 2.05) is 6.07 Å². The van der Waals surface area contributed by atoms with Gasteiger partial charge in [-0.15, -0.1) is 0 Å². The summed E-state index contributed by atoms with van der Waals surface area (Å²) in [4.78, 5) is 12.0. The zero-order valence-corrected chi connectivity index (χ0v) is 16.4. The lowest BCUT2D eigenvalue weighted by atomic mass is 9.84. The molecule has 1 aromatic heterocycles. The Morgan fingerprint density at radius 3 is 2.62 bits per heavy atom. The van der Waals surface area contributed by atoms with Crippen LogP contribution < -0.4 is 15.0 Å². The molecule has 4 rings (SSSR count). The second-order valence-electron chi connectivity index (χ2n) is 7.21. The molecule has 2 bridgehead atoms. The monoisotopic (exact) mass is 426 g/mol. The second kappa shape index (κ2) is 7.42. The summed E-state index contributed by atoms with van der Waals surface area (Å²) >= 11 is 0. The fraction of sp³-hybridized carbons (Fsp3) is 0.421. The SMILES string of the molecule is COc1ccc(S(=O)(=O)N2C[C@@H]3C[C@@H](C2)c2cccc(=O)n2C3)cc1OC(F)F. The van der Waals surface area contributed by atoms with Gasteiger partial charge in [-0.1, -0.05) is 6.07 Å². The highest BCUT2D eigenvalue weighted by atomic mass is 32.2. The maximum absolute atomic E-state index is 13.2. The Balaban J connectivity index is 1.66. The van der Waals surface area contributed by atoms with E-state index in [0.29, 0.717) is 6.54 Å². The van der Waals surface area contributed by atoms with Crippen molar-refractivity contribution >= 4 is 10.0 Å². The fourth-order valence-electron chi connectivity index (χ4n) is 4.20. The van der Waals surface area contributed by atoms with Crippen LogP contribution in [0.2, 0.25) is 0 Å². The van der Waals surface area contributed by atoms with Crippen LogP contribution in [0, 0.1) is 5.92 Å². The summed E-state index contributed by atoms with van der Waals surface area (Å²) in [5.41, 5.74) is 0.738. The number of hydrogen-bond acceptors (Lipinski definition) is 5. The van der Waals surface area contributed by atoms with E-state index in [2.05, 4.69) is 4.74 Å². The zero-order chi connectivity index (χ0) is 20.8. The number of alkyl halides is 2. The first kappa shape index (κ1) is 19.8. The predicted octanol–water partition coefficient (Wildman–Crippen LogP) is 2.27. The molecule has 0 N–H and O–H groups in total. The number of benzene rings is 1. The molecular formula is C19H20F2N2O5S. The average molecular weight is 426 g/mol. The predicted molar refractivity (Wildman–Crippen MR) is 99.9 cm³/mol. The summed E-state index contributed by atoms with van der Waals surface area (Å²) in [7, 11) is -2.65. The van der Waals surface area contributed by atoms with Gasteiger partial charge in [-0.3, -0.25) is 4.79 Å². The third kappa shape index (κ3) is 3.62. The molecule has 1 saturated heterocycles. The van der Waals surface area contributed by atoms with Gasteiger partial charge < -0.3 is 14.0 Å². The van der Waals surface area contributed by atoms with Crippen molar-refractivity contribution in [1.29, 1.82) is 0 Å². The molecule has 2 aliphatic rings. The third-order valence-corrected chi connectivity index (χ3v) is 7.26. The summed E-state index contributed by atoms with van der Waals surface area (Å²) in [6.45, 7) is -2.17. The van der Waals surface area contributed by atoms with E-state index in [-0.39, 0.29) is 46.9 Å². The first-order valence-corrected chi connectivity index (χ1v) is 10.6. The summed E-state index contributed by atoms with van der Waals surface area (Å²) in [6, 6.07) is 8.70. The normalized spacial score (nSPS) is 21.7. The molecule has 0 amide bonds. The molecule has 1 aromatic carbocycles. The summed E-state index contributed by atoms with van der Waals surface area (Å²) in [6.07, 6.45) is 0.803. The van der Waals surface area contributed by atoms with Gasteiger partial charge in [0, 0.05) is 43.4 Å². The Kier molecular flexibility index (Phi) is 5.07. The van der Waals surface area contributed by atoms with Crippen LogP contribution in [-0.2, 0) is 16.6 Å². The summed E-state index contributed by atoms with van der Waals surface area (Å²) in [5, 5.41) is 0. The smallest absolute Gasteiger partial charge is 0.387 e. The number of methoxy groups -OCH3 is 1. The third-order valence-electron chi connectivity index (χ3n) is 5.44. The molecule has 10 heteroatoms. The molecule has 2 aromatic rings. The summed E-state index contributed by atoms with van der Waals surface area (Å²) < 4.78 is 64.2. The minimum absolute atomic E-state index is 0.00570. The van der Waals surface area contributed by atoms with Crippen LogP contribution in [0.5, 0.6) is 11.5 Å².